The van der Waals surface area contributed by atoms with E-state index in [1.165, 1.54) is 27.7 Å². The van der Waals surface area contributed by atoms with Crippen LogP contribution in [0.3, 0.4) is 0 Å². The van der Waals surface area contributed by atoms with Crippen LogP contribution in [-0.2, 0) is 23.9 Å². The van der Waals surface area contributed by atoms with Gasteiger partial charge in [-0.1, -0.05) is 35.9 Å². The summed E-state index contributed by atoms with van der Waals surface area (Å²) in [4.78, 5) is 2.39. The minimum atomic E-state index is -2.66. The van der Waals surface area contributed by atoms with E-state index in [1.54, 1.807) is 12.1 Å². The van der Waals surface area contributed by atoms with Crippen molar-refractivity contribution in [1.29, 1.82) is 0 Å². The molecule has 0 bridgehead atoms. The Labute approximate surface area is 184 Å². The average Bonchev–Trinajstić information content (AvgIpc) is 3.07. The van der Waals surface area contributed by atoms with Gasteiger partial charge in [0.1, 0.15) is 0 Å². The van der Waals surface area contributed by atoms with Crippen molar-refractivity contribution in [3.8, 4) is 16.8 Å². The van der Waals surface area contributed by atoms with Crippen LogP contribution in [0.5, 0.6) is 0 Å². The van der Waals surface area contributed by atoms with Crippen LogP contribution in [0.2, 0.25) is 0 Å². The van der Waals surface area contributed by atoms with Gasteiger partial charge in [0.15, 0.2) is 0 Å². The summed E-state index contributed by atoms with van der Waals surface area (Å²) >= 11 is 0. The van der Waals surface area contributed by atoms with Gasteiger partial charge in [-0.05, 0) is 67.1 Å². The van der Waals surface area contributed by atoms with Crippen LogP contribution in [-0.4, -0.2) is 31.5 Å². The van der Waals surface area contributed by atoms with Gasteiger partial charge in [-0.25, -0.2) is 8.42 Å². The van der Waals surface area contributed by atoms with Crippen molar-refractivity contribution in [1.82, 2.24) is 9.47 Å². The first kappa shape index (κ1) is 19.8. The summed E-state index contributed by atoms with van der Waals surface area (Å²) in [6.45, 7) is 4.18. The van der Waals surface area contributed by atoms with Gasteiger partial charge in [-0.2, -0.15) is 0 Å². The monoisotopic (exact) mass is 431 g/mol. The molecule has 0 saturated heterocycles. The Morgan fingerprint density at radius 2 is 1.74 bits per heavy atom. The smallest absolute Gasteiger partial charge is 0.222 e. The van der Waals surface area contributed by atoms with Crippen molar-refractivity contribution in [2.24, 2.45) is 0 Å². The second kappa shape index (κ2) is 7.87. The first-order chi connectivity index (χ1) is 15.0. The van der Waals surface area contributed by atoms with E-state index in [4.69, 9.17) is 0 Å². The van der Waals surface area contributed by atoms with Gasteiger partial charge >= 0.3 is 0 Å². The molecule has 0 amide bonds. The zero-order valence-electron chi connectivity index (χ0n) is 17.6. The topological polar surface area (TPSA) is 54.3 Å². The van der Waals surface area contributed by atoms with Crippen LogP contribution in [0.25, 0.3) is 27.7 Å². The fraction of sp³-hybridized carbons (Fsp3) is 0.200. The summed E-state index contributed by atoms with van der Waals surface area (Å²) in [5.74, 6) is 0. The van der Waals surface area contributed by atoms with Crippen molar-refractivity contribution in [3.63, 3.8) is 0 Å². The van der Waals surface area contributed by atoms with Gasteiger partial charge in [0.25, 0.3) is 0 Å². The lowest BCUT2D eigenvalue weighted by Crippen LogP contribution is -2.27. The van der Waals surface area contributed by atoms with Crippen LogP contribution >= 0.6 is 0 Å². The Balaban J connectivity index is 1.62. The van der Waals surface area contributed by atoms with E-state index < -0.39 is 10.9 Å². The predicted molar refractivity (Wildman–Crippen MR) is 127 cm³/mol. The van der Waals surface area contributed by atoms with Crippen molar-refractivity contribution < 1.29 is 8.42 Å². The highest BCUT2D eigenvalue weighted by Crippen LogP contribution is 2.35. The predicted octanol–water partition coefficient (Wildman–Crippen LogP) is 4.53. The number of thiol groups is 1. The standard InChI is InChI=1S/C25H25N3O2S/c1-17-6-11-24-22(14-17)23-16-27(2)13-12-25(23)28(24)21-5-3-4-19(15-21)18-7-9-20(10-8-18)26-31(29)30/h3-11,14-15,31H,12-13,16H2,1-2H3,(H,26,29,30). The van der Waals surface area contributed by atoms with Gasteiger partial charge in [0.05, 0.1) is 5.52 Å². The quantitative estimate of drug-likeness (QED) is 0.467. The molecular formula is C25H25N3O2S. The maximum atomic E-state index is 10.9. The average molecular weight is 432 g/mol. The van der Waals surface area contributed by atoms with Crippen molar-refractivity contribution in [2.45, 2.75) is 19.9 Å². The molecule has 1 aromatic heterocycles. The number of hydrogen-bond donors (Lipinski definition) is 2. The first-order valence-electron chi connectivity index (χ1n) is 10.4. The Bertz CT molecular complexity index is 1350. The number of aromatic nitrogens is 1. The van der Waals surface area contributed by atoms with Crippen molar-refractivity contribution in [2.75, 3.05) is 18.3 Å². The van der Waals surface area contributed by atoms with E-state index in [0.717, 1.165) is 36.3 Å². The lowest BCUT2D eigenvalue weighted by Gasteiger charge is -2.24. The molecule has 1 aliphatic heterocycles. The van der Waals surface area contributed by atoms with Gasteiger partial charge in [0.2, 0.25) is 10.9 Å². The molecule has 0 saturated carbocycles. The second-order valence-electron chi connectivity index (χ2n) is 8.27. The molecule has 0 unspecified atom stereocenters. The lowest BCUT2D eigenvalue weighted by atomic mass is 10.0. The third-order valence-electron chi connectivity index (χ3n) is 6.04. The number of fused-ring (bicyclic) bond motifs is 3. The molecule has 5 rings (SSSR count). The molecule has 31 heavy (non-hydrogen) atoms. The number of likely N-dealkylation sites (N-methyl/N-ethyl adjacent to an activating group) is 1. The molecule has 158 valence electrons. The van der Waals surface area contributed by atoms with E-state index in [9.17, 15) is 8.42 Å². The molecule has 1 aliphatic rings. The molecule has 5 nitrogen and oxygen atoms in total. The Morgan fingerprint density at radius 3 is 2.52 bits per heavy atom. The van der Waals surface area contributed by atoms with E-state index in [0.29, 0.717) is 5.69 Å². The van der Waals surface area contributed by atoms with Crippen LogP contribution in [0.4, 0.5) is 5.69 Å². The van der Waals surface area contributed by atoms with Gasteiger partial charge in [-0.3, -0.25) is 4.72 Å². The summed E-state index contributed by atoms with van der Waals surface area (Å²) in [5.41, 5.74) is 9.24. The molecule has 0 fully saturated rings. The molecule has 1 N–H and O–H groups in total. The third kappa shape index (κ3) is 3.73. The summed E-state index contributed by atoms with van der Waals surface area (Å²) in [5, 5.41) is 1.34. The van der Waals surface area contributed by atoms with Gasteiger partial charge < -0.3 is 9.47 Å². The van der Waals surface area contributed by atoms with Crippen molar-refractivity contribution >= 4 is 27.5 Å². The number of anilines is 1. The second-order valence-corrected chi connectivity index (χ2v) is 9.00. The third-order valence-corrected chi connectivity index (χ3v) is 6.48. The Morgan fingerprint density at radius 1 is 0.935 bits per heavy atom. The summed E-state index contributed by atoms with van der Waals surface area (Å²) in [6.07, 6.45) is 1.03. The maximum Gasteiger partial charge on any atom is 0.222 e. The highest BCUT2D eigenvalue weighted by atomic mass is 32.2. The molecule has 0 aliphatic carbocycles. The Kier molecular flexibility index (Phi) is 5.04. The maximum absolute atomic E-state index is 10.9. The molecule has 0 atom stereocenters. The molecule has 4 aromatic rings. The molecular weight excluding hydrogens is 406 g/mol. The SMILES string of the molecule is Cc1ccc2c(c1)c1c(n2-c2cccc(-c3ccc(N[SH](=O)=O)cc3)c2)CCN(C)C1. The summed E-state index contributed by atoms with van der Waals surface area (Å²) in [7, 11) is -0.471. The van der Waals surface area contributed by atoms with Gasteiger partial charge in [0, 0.05) is 42.0 Å². The Hall–Kier alpha value is -3.09. The lowest BCUT2D eigenvalue weighted by molar-refractivity contribution is 0.311. The normalized spacial score (nSPS) is 14.2. The van der Waals surface area contributed by atoms with E-state index >= 15 is 0 Å². The number of aryl methyl sites for hydroxylation is 1. The van der Waals surface area contributed by atoms with E-state index in [1.807, 2.05) is 12.1 Å². The van der Waals surface area contributed by atoms with Crippen LogP contribution in [0.1, 0.15) is 16.8 Å². The summed E-state index contributed by atoms with van der Waals surface area (Å²) in [6, 6.07) is 22.8. The highest BCUT2D eigenvalue weighted by Gasteiger charge is 2.23. The molecule has 3 aromatic carbocycles. The number of benzene rings is 3. The van der Waals surface area contributed by atoms with E-state index in [2.05, 4.69) is 70.6 Å². The van der Waals surface area contributed by atoms with Crippen LogP contribution in [0.15, 0.2) is 66.7 Å². The van der Waals surface area contributed by atoms with Crippen molar-refractivity contribution in [3.05, 3.63) is 83.6 Å². The first-order valence-corrected chi connectivity index (χ1v) is 11.6. The molecule has 2 heterocycles. The zero-order valence-corrected chi connectivity index (χ0v) is 18.5. The fourth-order valence-electron chi connectivity index (χ4n) is 4.57. The highest BCUT2D eigenvalue weighted by molar-refractivity contribution is 7.73. The zero-order chi connectivity index (χ0) is 21.5. The number of rotatable bonds is 4. The minimum absolute atomic E-state index is 0.570. The van der Waals surface area contributed by atoms with Crippen LogP contribution < -0.4 is 4.72 Å². The van der Waals surface area contributed by atoms with Crippen LogP contribution in [0, 0.1) is 6.92 Å². The van der Waals surface area contributed by atoms with E-state index in [-0.39, 0.29) is 0 Å². The number of nitrogens with one attached hydrogen (secondary N) is 1. The molecule has 0 spiro atoms. The molecule has 6 heteroatoms. The molecule has 0 radical (unpaired) electrons. The number of nitrogens with zero attached hydrogens (tertiary/aromatic N) is 2. The summed E-state index contributed by atoms with van der Waals surface area (Å²) < 4.78 is 26.6. The fourth-order valence-corrected chi connectivity index (χ4v) is 4.93. The van der Waals surface area contributed by atoms with Gasteiger partial charge in [-0.15, -0.1) is 0 Å². The largest absolute Gasteiger partial charge is 0.313 e. The number of hydrogen-bond acceptors (Lipinski definition) is 3. The minimum Gasteiger partial charge on any atom is -0.313 e.